The molecule has 2 aromatic heterocycles. The van der Waals surface area contributed by atoms with E-state index in [9.17, 15) is 0 Å². The predicted octanol–water partition coefficient (Wildman–Crippen LogP) is 3.13. The summed E-state index contributed by atoms with van der Waals surface area (Å²) in [6.45, 7) is 3.38. The molecule has 0 atom stereocenters. The van der Waals surface area contributed by atoms with Crippen LogP contribution in [0.4, 0.5) is 5.95 Å². The molecule has 0 amide bonds. The highest BCUT2D eigenvalue weighted by Crippen LogP contribution is 2.29. The van der Waals surface area contributed by atoms with E-state index in [4.69, 9.17) is 9.47 Å². The van der Waals surface area contributed by atoms with Gasteiger partial charge < -0.3 is 18.9 Å². The molecule has 4 rings (SSSR count). The molecule has 1 aromatic carbocycles. The molecule has 1 aliphatic heterocycles. The average Bonchev–Trinajstić information content (AvgIpc) is 3.12. The van der Waals surface area contributed by atoms with Crippen LogP contribution in [0.25, 0.3) is 10.9 Å². The highest BCUT2D eigenvalue weighted by Gasteiger charge is 2.22. The molecule has 3 heterocycles. The molecule has 1 fully saturated rings. The van der Waals surface area contributed by atoms with E-state index in [1.54, 1.807) is 19.5 Å². The number of methoxy groups -OCH3 is 1. The number of ether oxygens (including phenoxy) is 2. The van der Waals surface area contributed by atoms with Crippen LogP contribution in [0.15, 0.2) is 48.9 Å². The molecule has 136 valence electrons. The Morgan fingerprint density at radius 2 is 1.88 bits per heavy atom. The zero-order valence-corrected chi connectivity index (χ0v) is 15.0. The van der Waals surface area contributed by atoms with Crippen molar-refractivity contribution in [1.29, 1.82) is 0 Å². The number of hydrogen-bond donors (Lipinski definition) is 0. The van der Waals surface area contributed by atoms with Gasteiger partial charge in [-0.05, 0) is 24.3 Å². The Bertz CT molecular complexity index is 841. The monoisotopic (exact) mass is 352 g/mol. The van der Waals surface area contributed by atoms with Crippen molar-refractivity contribution in [3.05, 3.63) is 48.9 Å². The van der Waals surface area contributed by atoms with Gasteiger partial charge in [0.25, 0.3) is 0 Å². The van der Waals surface area contributed by atoms with Gasteiger partial charge in [0.15, 0.2) is 0 Å². The van der Waals surface area contributed by atoms with E-state index in [1.807, 2.05) is 6.07 Å². The van der Waals surface area contributed by atoms with E-state index in [2.05, 4.69) is 49.9 Å². The van der Waals surface area contributed by atoms with Crippen molar-refractivity contribution < 1.29 is 9.47 Å². The second-order valence-electron chi connectivity index (χ2n) is 6.54. The maximum absolute atomic E-state index is 6.36. The second-order valence-corrected chi connectivity index (χ2v) is 6.54. The molecule has 0 radical (unpaired) electrons. The number of hydrogen-bond acceptors (Lipinski definition) is 5. The van der Waals surface area contributed by atoms with Crippen LogP contribution in [-0.2, 0) is 11.3 Å². The number of anilines is 1. The molecule has 0 bridgehead atoms. The molecule has 1 aliphatic rings. The summed E-state index contributed by atoms with van der Waals surface area (Å²) in [5.41, 5.74) is 1.19. The maximum Gasteiger partial charge on any atom is 0.225 e. The summed E-state index contributed by atoms with van der Waals surface area (Å²) >= 11 is 0. The molecule has 6 nitrogen and oxygen atoms in total. The highest BCUT2D eigenvalue weighted by atomic mass is 16.5. The number of aromatic nitrogens is 3. The first kappa shape index (κ1) is 16.8. The first-order valence-electron chi connectivity index (χ1n) is 9.10. The molecule has 0 saturated carbocycles. The summed E-state index contributed by atoms with van der Waals surface area (Å²) in [6.07, 6.45) is 7.85. The van der Waals surface area contributed by atoms with Crippen LogP contribution in [0.3, 0.4) is 0 Å². The van der Waals surface area contributed by atoms with Crippen LogP contribution in [0.5, 0.6) is 5.75 Å². The molecule has 0 N–H and O–H groups in total. The summed E-state index contributed by atoms with van der Waals surface area (Å²) in [5.74, 6) is 1.77. The van der Waals surface area contributed by atoms with Crippen LogP contribution in [-0.4, -0.2) is 47.4 Å². The van der Waals surface area contributed by atoms with Crippen LogP contribution in [0.2, 0.25) is 0 Å². The third-order valence-corrected chi connectivity index (χ3v) is 4.88. The fourth-order valence-corrected chi connectivity index (χ4v) is 3.49. The standard InChI is InChI=1S/C20H24N4O2/c1-25-15-14-23-13-8-17-18(23)4-2-5-19(17)26-16-6-11-24(12-7-16)20-21-9-3-10-22-20/h2-5,8-10,13,16H,6-7,11-12,14-15H2,1H3. The van der Waals surface area contributed by atoms with E-state index in [0.29, 0.717) is 6.61 Å². The number of benzene rings is 1. The molecule has 6 heteroatoms. The van der Waals surface area contributed by atoms with Gasteiger partial charge in [0, 0.05) is 63.6 Å². The molecule has 0 spiro atoms. The van der Waals surface area contributed by atoms with E-state index >= 15 is 0 Å². The smallest absolute Gasteiger partial charge is 0.225 e. The first-order chi connectivity index (χ1) is 12.8. The molecular formula is C20H24N4O2. The van der Waals surface area contributed by atoms with Gasteiger partial charge in [0.05, 0.1) is 12.1 Å². The largest absolute Gasteiger partial charge is 0.490 e. The van der Waals surface area contributed by atoms with Gasteiger partial charge in [-0.3, -0.25) is 0 Å². The van der Waals surface area contributed by atoms with Crippen molar-refractivity contribution >= 4 is 16.9 Å². The normalized spacial score (nSPS) is 15.5. The Morgan fingerprint density at radius 3 is 2.65 bits per heavy atom. The van der Waals surface area contributed by atoms with E-state index in [0.717, 1.165) is 49.6 Å². The van der Waals surface area contributed by atoms with Gasteiger partial charge >= 0.3 is 0 Å². The minimum atomic E-state index is 0.225. The number of rotatable bonds is 6. The SMILES string of the molecule is COCCn1ccc2c(OC3CCN(c4ncccn4)CC3)cccc21. The lowest BCUT2D eigenvalue weighted by atomic mass is 10.1. The van der Waals surface area contributed by atoms with Gasteiger partial charge in [-0.1, -0.05) is 6.07 Å². The van der Waals surface area contributed by atoms with Gasteiger partial charge in [0.2, 0.25) is 5.95 Å². The summed E-state index contributed by atoms with van der Waals surface area (Å²) in [4.78, 5) is 10.9. The third kappa shape index (κ3) is 3.51. The lowest BCUT2D eigenvalue weighted by Gasteiger charge is -2.32. The number of fused-ring (bicyclic) bond motifs is 1. The molecule has 3 aromatic rings. The molecule has 0 unspecified atom stereocenters. The van der Waals surface area contributed by atoms with Crippen LogP contribution in [0.1, 0.15) is 12.8 Å². The fourth-order valence-electron chi connectivity index (χ4n) is 3.49. The van der Waals surface area contributed by atoms with Crippen molar-refractivity contribution in [3.8, 4) is 5.75 Å². The minimum absolute atomic E-state index is 0.225. The van der Waals surface area contributed by atoms with Crippen molar-refractivity contribution in [1.82, 2.24) is 14.5 Å². The topological polar surface area (TPSA) is 52.4 Å². The van der Waals surface area contributed by atoms with Gasteiger partial charge in [-0.15, -0.1) is 0 Å². The number of piperidine rings is 1. The Morgan fingerprint density at radius 1 is 1.08 bits per heavy atom. The first-order valence-corrected chi connectivity index (χ1v) is 9.10. The van der Waals surface area contributed by atoms with Crippen LogP contribution < -0.4 is 9.64 Å². The second kappa shape index (κ2) is 7.74. The number of nitrogens with zero attached hydrogens (tertiary/aromatic N) is 4. The highest BCUT2D eigenvalue weighted by molar-refractivity contribution is 5.86. The molecule has 0 aliphatic carbocycles. The Kier molecular flexibility index (Phi) is 5.02. The quantitative estimate of drug-likeness (QED) is 0.682. The van der Waals surface area contributed by atoms with Crippen molar-refractivity contribution in [2.24, 2.45) is 0 Å². The summed E-state index contributed by atoms with van der Waals surface area (Å²) in [7, 11) is 1.73. The minimum Gasteiger partial charge on any atom is -0.490 e. The lowest BCUT2D eigenvalue weighted by Crippen LogP contribution is -2.39. The van der Waals surface area contributed by atoms with Gasteiger partial charge in [-0.25, -0.2) is 9.97 Å². The van der Waals surface area contributed by atoms with Crippen LogP contribution in [0, 0.1) is 0 Å². The van der Waals surface area contributed by atoms with Crippen molar-refractivity contribution in [2.75, 3.05) is 31.7 Å². The van der Waals surface area contributed by atoms with Crippen molar-refractivity contribution in [2.45, 2.75) is 25.5 Å². The average molecular weight is 352 g/mol. The van der Waals surface area contributed by atoms with Gasteiger partial charge in [-0.2, -0.15) is 0 Å². The summed E-state index contributed by atoms with van der Waals surface area (Å²) < 4.78 is 13.8. The van der Waals surface area contributed by atoms with E-state index < -0.39 is 0 Å². The third-order valence-electron chi connectivity index (χ3n) is 4.88. The zero-order valence-electron chi connectivity index (χ0n) is 15.0. The Balaban J connectivity index is 1.43. The van der Waals surface area contributed by atoms with E-state index in [-0.39, 0.29) is 6.10 Å². The molecule has 1 saturated heterocycles. The maximum atomic E-state index is 6.36. The van der Waals surface area contributed by atoms with E-state index in [1.165, 1.54) is 5.52 Å². The zero-order chi connectivity index (χ0) is 17.8. The van der Waals surface area contributed by atoms with Crippen LogP contribution >= 0.6 is 0 Å². The van der Waals surface area contributed by atoms with Crippen molar-refractivity contribution in [3.63, 3.8) is 0 Å². The molecular weight excluding hydrogens is 328 g/mol. The lowest BCUT2D eigenvalue weighted by molar-refractivity contribution is 0.172. The Hall–Kier alpha value is -2.60. The molecule has 26 heavy (non-hydrogen) atoms. The Labute approximate surface area is 153 Å². The summed E-state index contributed by atoms with van der Waals surface area (Å²) in [6, 6.07) is 10.2. The summed E-state index contributed by atoms with van der Waals surface area (Å²) in [5, 5.41) is 1.16. The predicted molar refractivity (Wildman–Crippen MR) is 102 cm³/mol. The fraction of sp³-hybridized carbons (Fsp3) is 0.400. The van der Waals surface area contributed by atoms with Gasteiger partial charge in [0.1, 0.15) is 11.9 Å².